The standard InChI is InChI=1S/C22H31FN4O2.HI/c1-4-24-22(25-14-18-7-5-16(2)19(23)13-18)26-15-20(21-8-6-17(3)29-21)27-9-11-28-12-10-27;/h5-8,13,20H,4,9-12,14-15H2,1-3H3,(H2,24,25,26);1H. The van der Waals surface area contributed by atoms with E-state index in [9.17, 15) is 4.39 Å². The topological polar surface area (TPSA) is 62.0 Å². The molecule has 1 aliphatic heterocycles. The summed E-state index contributed by atoms with van der Waals surface area (Å²) in [5.41, 5.74) is 1.49. The summed E-state index contributed by atoms with van der Waals surface area (Å²) >= 11 is 0. The van der Waals surface area contributed by atoms with Crippen LogP contribution in [-0.4, -0.2) is 50.3 Å². The molecule has 3 rings (SSSR count). The number of nitrogens with zero attached hydrogens (tertiary/aromatic N) is 2. The number of benzene rings is 1. The lowest BCUT2D eigenvalue weighted by molar-refractivity contribution is 0.0124. The number of aliphatic imine (C=N–C) groups is 1. The van der Waals surface area contributed by atoms with E-state index >= 15 is 0 Å². The lowest BCUT2D eigenvalue weighted by Crippen LogP contribution is -2.46. The number of hydrogen-bond acceptors (Lipinski definition) is 4. The third-order valence-electron chi connectivity index (χ3n) is 5.04. The average molecular weight is 530 g/mol. The summed E-state index contributed by atoms with van der Waals surface area (Å²) in [6, 6.07) is 9.37. The second-order valence-corrected chi connectivity index (χ2v) is 7.27. The van der Waals surface area contributed by atoms with Crippen molar-refractivity contribution in [3.8, 4) is 0 Å². The molecule has 166 valence electrons. The highest BCUT2D eigenvalue weighted by Gasteiger charge is 2.25. The third-order valence-corrected chi connectivity index (χ3v) is 5.04. The minimum atomic E-state index is -0.198. The molecule has 30 heavy (non-hydrogen) atoms. The van der Waals surface area contributed by atoms with Gasteiger partial charge in [0.25, 0.3) is 0 Å². The van der Waals surface area contributed by atoms with Gasteiger partial charge in [-0.05, 0) is 50.1 Å². The van der Waals surface area contributed by atoms with Gasteiger partial charge in [-0.3, -0.25) is 4.90 Å². The van der Waals surface area contributed by atoms with Gasteiger partial charge in [-0.2, -0.15) is 0 Å². The molecule has 0 amide bonds. The fraction of sp³-hybridized carbons (Fsp3) is 0.500. The number of nitrogens with one attached hydrogen (secondary N) is 2. The molecular weight excluding hydrogens is 498 g/mol. The molecule has 1 saturated heterocycles. The smallest absolute Gasteiger partial charge is 0.191 e. The molecule has 0 aliphatic carbocycles. The Labute approximate surface area is 195 Å². The van der Waals surface area contributed by atoms with Crippen molar-refractivity contribution >= 4 is 29.9 Å². The van der Waals surface area contributed by atoms with Crippen LogP contribution in [0.5, 0.6) is 0 Å². The quantitative estimate of drug-likeness (QED) is 0.324. The first kappa shape index (κ1) is 24.6. The van der Waals surface area contributed by atoms with Crippen molar-refractivity contribution in [1.82, 2.24) is 15.5 Å². The maximum Gasteiger partial charge on any atom is 0.191 e. The predicted octanol–water partition coefficient (Wildman–Crippen LogP) is 3.78. The van der Waals surface area contributed by atoms with Crippen LogP contribution >= 0.6 is 24.0 Å². The molecule has 0 radical (unpaired) electrons. The number of hydrogen-bond donors (Lipinski definition) is 2. The van der Waals surface area contributed by atoms with Gasteiger partial charge in [0.1, 0.15) is 17.3 Å². The zero-order valence-corrected chi connectivity index (χ0v) is 20.2. The number of guanidine groups is 1. The predicted molar refractivity (Wildman–Crippen MR) is 128 cm³/mol. The molecule has 2 N–H and O–H groups in total. The van der Waals surface area contributed by atoms with Crippen molar-refractivity contribution in [3.05, 3.63) is 58.8 Å². The molecule has 2 aromatic rings. The van der Waals surface area contributed by atoms with E-state index in [0.717, 1.165) is 49.9 Å². The van der Waals surface area contributed by atoms with Crippen molar-refractivity contribution in [1.29, 1.82) is 0 Å². The molecule has 0 saturated carbocycles. The summed E-state index contributed by atoms with van der Waals surface area (Å²) in [6.07, 6.45) is 0. The molecule has 8 heteroatoms. The monoisotopic (exact) mass is 530 g/mol. The molecule has 1 unspecified atom stereocenters. The van der Waals surface area contributed by atoms with E-state index in [4.69, 9.17) is 9.15 Å². The SMILES string of the molecule is CCNC(=NCc1ccc(C)c(F)c1)NCC(c1ccc(C)o1)N1CCOCC1.I. The van der Waals surface area contributed by atoms with Gasteiger partial charge in [0.2, 0.25) is 0 Å². The molecule has 1 aromatic heterocycles. The highest BCUT2D eigenvalue weighted by molar-refractivity contribution is 14.0. The van der Waals surface area contributed by atoms with Crippen LogP contribution in [0.3, 0.4) is 0 Å². The molecular formula is C22H32FIN4O2. The van der Waals surface area contributed by atoms with Crippen LogP contribution < -0.4 is 10.6 Å². The number of halogens is 2. The average Bonchev–Trinajstić information content (AvgIpc) is 3.15. The van der Waals surface area contributed by atoms with Crippen molar-refractivity contribution in [3.63, 3.8) is 0 Å². The van der Waals surface area contributed by atoms with E-state index in [-0.39, 0.29) is 35.8 Å². The summed E-state index contributed by atoms with van der Waals surface area (Å²) in [5, 5.41) is 6.69. The molecule has 1 aromatic carbocycles. The Morgan fingerprint density at radius 2 is 1.93 bits per heavy atom. The van der Waals surface area contributed by atoms with Crippen molar-refractivity contribution < 1.29 is 13.5 Å². The summed E-state index contributed by atoms with van der Waals surface area (Å²) in [6.45, 7) is 10.7. The van der Waals surface area contributed by atoms with Crippen LogP contribution in [0.1, 0.15) is 35.6 Å². The van der Waals surface area contributed by atoms with Crippen LogP contribution in [0, 0.1) is 19.7 Å². The molecule has 0 spiro atoms. The van der Waals surface area contributed by atoms with Crippen LogP contribution in [0.15, 0.2) is 39.7 Å². The van der Waals surface area contributed by atoms with Crippen molar-refractivity contribution in [2.45, 2.75) is 33.4 Å². The Kier molecular flexibility index (Phi) is 10.1. The molecule has 1 atom stereocenters. The van der Waals surface area contributed by atoms with Gasteiger partial charge in [-0.1, -0.05) is 12.1 Å². The minimum Gasteiger partial charge on any atom is -0.465 e. The number of furan rings is 1. The van der Waals surface area contributed by atoms with Gasteiger partial charge < -0.3 is 19.8 Å². The highest BCUT2D eigenvalue weighted by atomic mass is 127. The number of rotatable bonds is 7. The first-order valence-electron chi connectivity index (χ1n) is 10.2. The van der Waals surface area contributed by atoms with E-state index in [1.165, 1.54) is 0 Å². The van der Waals surface area contributed by atoms with E-state index in [2.05, 4.69) is 20.5 Å². The normalized spacial score (nSPS) is 16.1. The van der Waals surface area contributed by atoms with Gasteiger partial charge in [0.05, 0.1) is 25.8 Å². The summed E-state index contributed by atoms with van der Waals surface area (Å²) in [7, 11) is 0. The van der Waals surface area contributed by atoms with Gasteiger partial charge in [-0.25, -0.2) is 9.38 Å². The number of ether oxygens (including phenoxy) is 1. The second kappa shape index (κ2) is 12.3. The molecule has 1 fully saturated rings. The van der Waals surface area contributed by atoms with Crippen LogP contribution in [0.4, 0.5) is 4.39 Å². The largest absolute Gasteiger partial charge is 0.465 e. The minimum absolute atomic E-state index is 0. The Morgan fingerprint density at radius 3 is 2.57 bits per heavy atom. The van der Waals surface area contributed by atoms with Gasteiger partial charge >= 0.3 is 0 Å². The highest BCUT2D eigenvalue weighted by Crippen LogP contribution is 2.23. The Morgan fingerprint density at radius 1 is 1.17 bits per heavy atom. The zero-order chi connectivity index (χ0) is 20.6. The number of morpholine rings is 1. The summed E-state index contributed by atoms with van der Waals surface area (Å²) in [4.78, 5) is 6.99. The van der Waals surface area contributed by atoms with Crippen LogP contribution in [0.2, 0.25) is 0 Å². The van der Waals surface area contributed by atoms with Crippen molar-refractivity contribution in [2.75, 3.05) is 39.4 Å². The zero-order valence-electron chi connectivity index (χ0n) is 17.9. The number of aryl methyl sites for hydroxylation is 2. The Hall–Kier alpha value is -1.65. The van der Waals surface area contributed by atoms with E-state index in [1.807, 2.05) is 32.0 Å². The maximum atomic E-state index is 13.8. The molecule has 6 nitrogen and oxygen atoms in total. The van der Waals surface area contributed by atoms with Gasteiger partial charge in [0, 0.05) is 26.2 Å². The molecule has 2 heterocycles. The Bertz CT molecular complexity index is 821. The molecule has 0 bridgehead atoms. The van der Waals surface area contributed by atoms with Gasteiger partial charge in [-0.15, -0.1) is 24.0 Å². The summed E-state index contributed by atoms with van der Waals surface area (Å²) in [5.74, 6) is 2.35. The lowest BCUT2D eigenvalue weighted by atomic mass is 10.1. The fourth-order valence-corrected chi connectivity index (χ4v) is 3.37. The second-order valence-electron chi connectivity index (χ2n) is 7.27. The fourth-order valence-electron chi connectivity index (χ4n) is 3.37. The van der Waals surface area contributed by atoms with Crippen LogP contribution in [-0.2, 0) is 11.3 Å². The summed E-state index contributed by atoms with van der Waals surface area (Å²) < 4.78 is 25.2. The van der Waals surface area contributed by atoms with E-state index in [0.29, 0.717) is 24.6 Å². The maximum absolute atomic E-state index is 13.8. The third kappa shape index (κ3) is 6.95. The first-order valence-corrected chi connectivity index (χ1v) is 10.2. The van der Waals surface area contributed by atoms with E-state index in [1.54, 1.807) is 19.1 Å². The lowest BCUT2D eigenvalue weighted by Gasteiger charge is -2.33. The van der Waals surface area contributed by atoms with Crippen LogP contribution in [0.25, 0.3) is 0 Å². The van der Waals surface area contributed by atoms with E-state index < -0.39 is 0 Å². The Balaban J connectivity index is 0.00000320. The van der Waals surface area contributed by atoms with Crippen molar-refractivity contribution in [2.24, 2.45) is 4.99 Å². The first-order chi connectivity index (χ1) is 14.1. The molecule has 1 aliphatic rings. The van der Waals surface area contributed by atoms with Gasteiger partial charge in [0.15, 0.2) is 5.96 Å².